The van der Waals surface area contributed by atoms with Crippen molar-refractivity contribution in [2.75, 3.05) is 26.3 Å². The molecule has 4 heterocycles. The Labute approximate surface area is 171 Å². The lowest BCUT2D eigenvalue weighted by Gasteiger charge is -2.44. The van der Waals surface area contributed by atoms with Gasteiger partial charge in [0.1, 0.15) is 5.82 Å². The summed E-state index contributed by atoms with van der Waals surface area (Å²) < 4.78 is 5.46. The third-order valence-corrected chi connectivity index (χ3v) is 6.53. The number of ether oxygens (including phenoxy) is 1. The van der Waals surface area contributed by atoms with Gasteiger partial charge in [0.25, 0.3) is 0 Å². The average Bonchev–Trinajstić information content (AvgIpc) is 2.74. The van der Waals surface area contributed by atoms with E-state index in [2.05, 4.69) is 17.1 Å². The van der Waals surface area contributed by atoms with Gasteiger partial charge >= 0.3 is 6.03 Å². The first-order chi connectivity index (χ1) is 14.3. The van der Waals surface area contributed by atoms with Crippen LogP contribution < -0.4 is 0 Å². The highest BCUT2D eigenvalue weighted by Gasteiger charge is 2.37. The summed E-state index contributed by atoms with van der Waals surface area (Å²) in [6, 6.07) is 10.7. The number of aromatic nitrogens is 2. The van der Waals surface area contributed by atoms with E-state index in [9.17, 15) is 4.79 Å². The summed E-state index contributed by atoms with van der Waals surface area (Å²) in [6.07, 6.45) is 6.93. The number of amides is 2. The van der Waals surface area contributed by atoms with Crippen molar-refractivity contribution < 1.29 is 9.53 Å². The molecule has 1 aromatic heterocycles. The number of carbonyl (C=O) groups excluding carboxylic acids is 1. The van der Waals surface area contributed by atoms with Gasteiger partial charge in [0.2, 0.25) is 0 Å². The van der Waals surface area contributed by atoms with Gasteiger partial charge in [-0.3, -0.25) is 0 Å². The van der Waals surface area contributed by atoms with Crippen LogP contribution in [0.1, 0.15) is 47.9 Å². The van der Waals surface area contributed by atoms with Crippen LogP contribution in [0.5, 0.6) is 0 Å². The standard InChI is InChI=1S/C23H28N4O2/c28-23(27-11-7-21(27)18-4-2-1-3-5-18)26-10-6-19-15-24-22(25-20(19)16-26)14-17-8-12-29-13-9-17/h1-5,15,17,21H,6-14,16H2. The summed E-state index contributed by atoms with van der Waals surface area (Å²) in [4.78, 5) is 26.6. The van der Waals surface area contributed by atoms with E-state index in [4.69, 9.17) is 9.72 Å². The lowest BCUT2D eigenvalue weighted by Crippen LogP contribution is -2.52. The van der Waals surface area contributed by atoms with Crippen LogP contribution in [0.2, 0.25) is 0 Å². The summed E-state index contributed by atoms with van der Waals surface area (Å²) in [7, 11) is 0. The Morgan fingerprint density at radius 2 is 1.93 bits per heavy atom. The van der Waals surface area contributed by atoms with Gasteiger partial charge in [0.05, 0.1) is 18.3 Å². The van der Waals surface area contributed by atoms with Crippen LogP contribution >= 0.6 is 0 Å². The molecule has 1 aromatic carbocycles. The molecule has 3 aliphatic rings. The quantitative estimate of drug-likeness (QED) is 0.804. The van der Waals surface area contributed by atoms with Crippen LogP contribution in [0.15, 0.2) is 36.5 Å². The molecule has 2 aromatic rings. The van der Waals surface area contributed by atoms with E-state index >= 15 is 0 Å². The van der Waals surface area contributed by atoms with Crippen molar-refractivity contribution in [1.82, 2.24) is 19.8 Å². The lowest BCUT2D eigenvalue weighted by molar-refractivity contribution is 0.0658. The minimum atomic E-state index is 0.139. The Balaban J connectivity index is 1.26. The van der Waals surface area contributed by atoms with Gasteiger partial charge in [-0.2, -0.15) is 0 Å². The van der Waals surface area contributed by atoms with E-state index < -0.39 is 0 Å². The molecule has 152 valence electrons. The Kier molecular flexibility index (Phi) is 5.19. The molecule has 0 N–H and O–H groups in total. The predicted octanol–water partition coefficient (Wildman–Crippen LogP) is 3.37. The zero-order chi connectivity index (χ0) is 19.6. The Bertz CT molecular complexity index is 866. The molecule has 0 saturated carbocycles. The number of nitrogens with zero attached hydrogens (tertiary/aromatic N) is 4. The fraction of sp³-hybridized carbons (Fsp3) is 0.522. The van der Waals surface area contributed by atoms with Gasteiger partial charge in [-0.05, 0) is 42.7 Å². The number of hydrogen-bond acceptors (Lipinski definition) is 4. The van der Waals surface area contributed by atoms with Gasteiger partial charge < -0.3 is 14.5 Å². The molecule has 5 rings (SSSR count). The molecule has 0 aliphatic carbocycles. The molecule has 0 bridgehead atoms. The molecule has 2 saturated heterocycles. The molecule has 0 radical (unpaired) electrons. The Morgan fingerprint density at radius 1 is 1.10 bits per heavy atom. The first-order valence-electron chi connectivity index (χ1n) is 10.8. The van der Waals surface area contributed by atoms with Gasteiger partial charge in [-0.25, -0.2) is 14.8 Å². The van der Waals surface area contributed by atoms with Crippen molar-refractivity contribution in [1.29, 1.82) is 0 Å². The monoisotopic (exact) mass is 392 g/mol. The minimum absolute atomic E-state index is 0.139. The molecule has 2 amide bonds. The number of benzene rings is 1. The van der Waals surface area contributed by atoms with Crippen molar-refractivity contribution in [3.8, 4) is 0 Å². The van der Waals surface area contributed by atoms with E-state index in [-0.39, 0.29) is 12.1 Å². The van der Waals surface area contributed by atoms with Crippen molar-refractivity contribution in [2.24, 2.45) is 5.92 Å². The SMILES string of the molecule is O=C(N1CCc2cnc(CC3CCOCC3)nc2C1)N1CCC1c1ccccc1. The number of likely N-dealkylation sites (tertiary alicyclic amines) is 1. The van der Waals surface area contributed by atoms with Crippen LogP contribution in [0.3, 0.4) is 0 Å². The van der Waals surface area contributed by atoms with Crippen molar-refractivity contribution >= 4 is 6.03 Å². The predicted molar refractivity (Wildman–Crippen MR) is 109 cm³/mol. The first-order valence-corrected chi connectivity index (χ1v) is 10.8. The summed E-state index contributed by atoms with van der Waals surface area (Å²) in [5.41, 5.74) is 3.44. The topological polar surface area (TPSA) is 58.6 Å². The van der Waals surface area contributed by atoms with Crippen molar-refractivity contribution in [2.45, 2.75) is 44.7 Å². The van der Waals surface area contributed by atoms with Gasteiger partial charge in [-0.1, -0.05) is 30.3 Å². The molecule has 6 nitrogen and oxygen atoms in total. The third kappa shape index (κ3) is 3.86. The maximum atomic E-state index is 13.2. The maximum Gasteiger partial charge on any atom is 0.320 e. The fourth-order valence-corrected chi connectivity index (χ4v) is 4.63. The molecule has 29 heavy (non-hydrogen) atoms. The maximum absolute atomic E-state index is 13.2. The molecular weight excluding hydrogens is 364 g/mol. The van der Waals surface area contributed by atoms with Gasteiger partial charge in [0.15, 0.2) is 0 Å². The molecule has 3 aliphatic heterocycles. The average molecular weight is 393 g/mol. The molecular formula is C23H28N4O2. The largest absolute Gasteiger partial charge is 0.381 e. The summed E-state index contributed by atoms with van der Waals surface area (Å²) in [5.74, 6) is 1.52. The Morgan fingerprint density at radius 3 is 2.69 bits per heavy atom. The summed E-state index contributed by atoms with van der Waals surface area (Å²) >= 11 is 0. The smallest absolute Gasteiger partial charge is 0.320 e. The van der Waals surface area contributed by atoms with Crippen LogP contribution in [0, 0.1) is 5.92 Å². The lowest BCUT2D eigenvalue weighted by atomic mass is 9.95. The molecule has 0 spiro atoms. The number of urea groups is 1. The zero-order valence-corrected chi connectivity index (χ0v) is 16.8. The second-order valence-corrected chi connectivity index (χ2v) is 8.38. The van der Waals surface area contributed by atoms with Gasteiger partial charge in [-0.15, -0.1) is 0 Å². The second-order valence-electron chi connectivity index (χ2n) is 8.38. The second kappa shape index (κ2) is 8.11. The van der Waals surface area contributed by atoms with E-state index in [0.29, 0.717) is 12.5 Å². The van der Waals surface area contributed by atoms with Crippen LogP contribution in [-0.2, 0) is 24.1 Å². The van der Waals surface area contributed by atoms with E-state index in [1.807, 2.05) is 34.2 Å². The third-order valence-electron chi connectivity index (χ3n) is 6.53. The van der Waals surface area contributed by atoms with E-state index in [1.54, 1.807) is 0 Å². The highest BCUT2D eigenvalue weighted by molar-refractivity contribution is 5.76. The molecule has 1 unspecified atom stereocenters. The molecule has 6 heteroatoms. The van der Waals surface area contributed by atoms with Crippen molar-refractivity contribution in [3.63, 3.8) is 0 Å². The number of carbonyl (C=O) groups is 1. The number of rotatable bonds is 3. The normalized spacial score (nSPS) is 22.1. The molecule has 2 fully saturated rings. The highest BCUT2D eigenvalue weighted by atomic mass is 16.5. The number of fused-ring (bicyclic) bond motifs is 1. The Hall–Kier alpha value is -2.47. The number of hydrogen-bond donors (Lipinski definition) is 0. The first kappa shape index (κ1) is 18.6. The van der Waals surface area contributed by atoms with E-state index in [0.717, 1.165) is 69.9 Å². The van der Waals surface area contributed by atoms with E-state index in [1.165, 1.54) is 11.1 Å². The summed E-state index contributed by atoms with van der Waals surface area (Å²) in [6.45, 7) is 3.86. The fourth-order valence-electron chi connectivity index (χ4n) is 4.63. The minimum Gasteiger partial charge on any atom is -0.381 e. The zero-order valence-electron chi connectivity index (χ0n) is 16.8. The highest BCUT2D eigenvalue weighted by Crippen LogP contribution is 2.34. The van der Waals surface area contributed by atoms with Crippen LogP contribution in [0.25, 0.3) is 0 Å². The van der Waals surface area contributed by atoms with Crippen molar-refractivity contribution in [3.05, 3.63) is 59.2 Å². The summed E-state index contributed by atoms with van der Waals surface area (Å²) in [5, 5.41) is 0. The van der Waals surface area contributed by atoms with Crippen LogP contribution in [-0.4, -0.2) is 52.1 Å². The molecule has 1 atom stereocenters. The van der Waals surface area contributed by atoms with Gasteiger partial charge in [0, 0.05) is 38.9 Å². The van der Waals surface area contributed by atoms with Crippen LogP contribution in [0.4, 0.5) is 4.79 Å².